The maximum atomic E-state index is 12.2. The molecule has 0 unspecified atom stereocenters. The standard InChI is InChI=1S/C16H21NO3S/c1-2-12-3-5-13(6-4-12)11-14(18)17-16(15(19)20)7-9-21-10-8-16/h3-6H,2,7-11H2,1H3,(H,17,18)(H,19,20). The smallest absolute Gasteiger partial charge is 0.329 e. The molecule has 1 aromatic rings. The van der Waals surface area contributed by atoms with Crippen LogP contribution in [0.3, 0.4) is 0 Å². The summed E-state index contributed by atoms with van der Waals surface area (Å²) in [5, 5.41) is 12.2. The highest BCUT2D eigenvalue weighted by Crippen LogP contribution is 2.27. The normalized spacial score (nSPS) is 17.2. The molecule has 1 heterocycles. The van der Waals surface area contributed by atoms with Crippen molar-refractivity contribution in [2.24, 2.45) is 0 Å². The Kier molecular flexibility index (Phi) is 5.28. The zero-order chi connectivity index (χ0) is 15.3. The number of hydrogen-bond donors (Lipinski definition) is 2. The average Bonchev–Trinajstić information content (AvgIpc) is 2.48. The van der Waals surface area contributed by atoms with E-state index in [0.29, 0.717) is 12.8 Å². The molecule has 1 fully saturated rings. The van der Waals surface area contributed by atoms with Crippen molar-refractivity contribution >= 4 is 23.6 Å². The van der Waals surface area contributed by atoms with Crippen LogP contribution in [-0.2, 0) is 22.4 Å². The molecule has 5 heteroatoms. The molecule has 0 saturated carbocycles. The number of hydrogen-bond acceptors (Lipinski definition) is 3. The van der Waals surface area contributed by atoms with Crippen molar-refractivity contribution < 1.29 is 14.7 Å². The Morgan fingerprint density at radius 3 is 2.29 bits per heavy atom. The summed E-state index contributed by atoms with van der Waals surface area (Å²) in [6, 6.07) is 7.88. The molecule has 2 rings (SSSR count). The number of carboxylic acids is 1. The third-order valence-electron chi connectivity index (χ3n) is 3.93. The maximum Gasteiger partial charge on any atom is 0.329 e. The topological polar surface area (TPSA) is 66.4 Å². The van der Waals surface area contributed by atoms with Gasteiger partial charge in [0.2, 0.25) is 5.91 Å². The monoisotopic (exact) mass is 307 g/mol. The van der Waals surface area contributed by atoms with Crippen LogP contribution in [-0.4, -0.2) is 34.0 Å². The van der Waals surface area contributed by atoms with E-state index in [0.717, 1.165) is 23.5 Å². The first-order valence-electron chi connectivity index (χ1n) is 7.26. The molecule has 0 spiro atoms. The number of nitrogens with one attached hydrogen (secondary N) is 1. The van der Waals surface area contributed by atoms with Gasteiger partial charge in [0.15, 0.2) is 0 Å². The Labute approximate surface area is 129 Å². The second kappa shape index (κ2) is 6.98. The van der Waals surface area contributed by atoms with Crippen LogP contribution in [0.5, 0.6) is 0 Å². The number of rotatable bonds is 5. The minimum Gasteiger partial charge on any atom is -0.480 e. The van der Waals surface area contributed by atoms with Crippen LogP contribution in [0.1, 0.15) is 30.9 Å². The summed E-state index contributed by atoms with van der Waals surface area (Å²) in [5.41, 5.74) is 1.06. The van der Waals surface area contributed by atoms with Gasteiger partial charge in [0.05, 0.1) is 6.42 Å². The van der Waals surface area contributed by atoms with Gasteiger partial charge in [0.25, 0.3) is 0 Å². The number of aliphatic carboxylic acids is 1. The highest BCUT2D eigenvalue weighted by molar-refractivity contribution is 7.99. The number of carbonyl (C=O) groups is 2. The molecule has 1 amide bonds. The Hall–Kier alpha value is -1.49. The van der Waals surface area contributed by atoms with Gasteiger partial charge >= 0.3 is 5.97 Å². The third kappa shape index (κ3) is 4.00. The fourth-order valence-corrected chi connectivity index (χ4v) is 3.69. The van der Waals surface area contributed by atoms with Crippen LogP contribution in [0, 0.1) is 0 Å². The molecule has 0 aliphatic carbocycles. The van der Waals surface area contributed by atoms with E-state index in [2.05, 4.69) is 12.2 Å². The molecule has 1 aromatic carbocycles. The highest BCUT2D eigenvalue weighted by atomic mass is 32.2. The van der Waals surface area contributed by atoms with Crippen LogP contribution >= 0.6 is 11.8 Å². The fraction of sp³-hybridized carbons (Fsp3) is 0.500. The van der Waals surface area contributed by atoms with E-state index in [9.17, 15) is 14.7 Å². The maximum absolute atomic E-state index is 12.2. The van der Waals surface area contributed by atoms with E-state index in [1.807, 2.05) is 24.3 Å². The summed E-state index contributed by atoms with van der Waals surface area (Å²) in [6.07, 6.45) is 2.18. The molecule has 2 N–H and O–H groups in total. The van der Waals surface area contributed by atoms with Crippen LogP contribution in [0.25, 0.3) is 0 Å². The Morgan fingerprint density at radius 1 is 1.19 bits per heavy atom. The average molecular weight is 307 g/mol. The first kappa shape index (κ1) is 15.9. The molecule has 4 nitrogen and oxygen atoms in total. The second-order valence-corrected chi connectivity index (χ2v) is 6.62. The van der Waals surface area contributed by atoms with Crippen molar-refractivity contribution in [2.45, 2.75) is 38.1 Å². The van der Waals surface area contributed by atoms with Crippen LogP contribution in [0.4, 0.5) is 0 Å². The number of thioether (sulfide) groups is 1. The Morgan fingerprint density at radius 2 is 1.76 bits per heavy atom. The van der Waals surface area contributed by atoms with Gasteiger partial charge in [-0.25, -0.2) is 4.79 Å². The van der Waals surface area contributed by atoms with E-state index < -0.39 is 11.5 Å². The Balaban J connectivity index is 2.00. The minimum atomic E-state index is -1.08. The molecular weight excluding hydrogens is 286 g/mol. The highest BCUT2D eigenvalue weighted by Gasteiger charge is 2.41. The molecule has 1 saturated heterocycles. The minimum absolute atomic E-state index is 0.214. The van der Waals surface area contributed by atoms with Gasteiger partial charge in [0.1, 0.15) is 5.54 Å². The molecule has 0 aromatic heterocycles. The van der Waals surface area contributed by atoms with Crippen LogP contribution in [0.2, 0.25) is 0 Å². The third-order valence-corrected chi connectivity index (χ3v) is 4.92. The molecule has 1 aliphatic rings. The molecule has 21 heavy (non-hydrogen) atoms. The van der Waals surface area contributed by atoms with Crippen molar-refractivity contribution in [1.82, 2.24) is 5.32 Å². The second-order valence-electron chi connectivity index (χ2n) is 5.39. The molecule has 0 bridgehead atoms. The number of carbonyl (C=O) groups excluding carboxylic acids is 1. The lowest BCUT2D eigenvalue weighted by molar-refractivity contribution is -0.148. The number of benzene rings is 1. The zero-order valence-electron chi connectivity index (χ0n) is 12.2. The van der Waals surface area contributed by atoms with Crippen LogP contribution < -0.4 is 5.32 Å². The van der Waals surface area contributed by atoms with Gasteiger partial charge in [-0.05, 0) is 41.9 Å². The van der Waals surface area contributed by atoms with E-state index >= 15 is 0 Å². The first-order valence-corrected chi connectivity index (χ1v) is 8.41. The predicted octanol–water partition coefficient (Wildman–Crippen LogP) is 2.26. The van der Waals surface area contributed by atoms with Crippen molar-refractivity contribution in [3.05, 3.63) is 35.4 Å². The van der Waals surface area contributed by atoms with E-state index in [4.69, 9.17) is 0 Å². The lowest BCUT2D eigenvalue weighted by atomic mass is 9.92. The van der Waals surface area contributed by atoms with Crippen molar-refractivity contribution in [2.75, 3.05) is 11.5 Å². The largest absolute Gasteiger partial charge is 0.480 e. The fourth-order valence-electron chi connectivity index (χ4n) is 2.50. The summed E-state index contributed by atoms with van der Waals surface area (Å²) >= 11 is 1.74. The number of aryl methyl sites for hydroxylation is 1. The SMILES string of the molecule is CCc1ccc(CC(=O)NC2(C(=O)O)CCSCC2)cc1. The van der Waals surface area contributed by atoms with E-state index in [-0.39, 0.29) is 12.3 Å². The first-order chi connectivity index (χ1) is 10.1. The van der Waals surface area contributed by atoms with E-state index in [1.54, 1.807) is 11.8 Å². The molecule has 0 atom stereocenters. The molecule has 0 radical (unpaired) electrons. The van der Waals surface area contributed by atoms with Crippen molar-refractivity contribution in [3.63, 3.8) is 0 Å². The summed E-state index contributed by atoms with van der Waals surface area (Å²) in [6.45, 7) is 2.08. The van der Waals surface area contributed by atoms with Gasteiger partial charge in [-0.3, -0.25) is 4.79 Å². The van der Waals surface area contributed by atoms with Crippen molar-refractivity contribution in [1.29, 1.82) is 0 Å². The molecular formula is C16H21NO3S. The lowest BCUT2D eigenvalue weighted by Gasteiger charge is -2.33. The number of amides is 1. The quantitative estimate of drug-likeness (QED) is 0.875. The number of carboxylic acid groups (broad SMARTS) is 1. The summed E-state index contributed by atoms with van der Waals surface area (Å²) < 4.78 is 0. The van der Waals surface area contributed by atoms with Gasteiger partial charge in [0, 0.05) is 0 Å². The summed E-state index contributed by atoms with van der Waals surface area (Å²) in [5.74, 6) is 0.418. The van der Waals surface area contributed by atoms with Crippen molar-refractivity contribution in [3.8, 4) is 0 Å². The van der Waals surface area contributed by atoms with Gasteiger partial charge < -0.3 is 10.4 Å². The van der Waals surface area contributed by atoms with E-state index in [1.165, 1.54) is 5.56 Å². The van der Waals surface area contributed by atoms with Gasteiger partial charge in [-0.2, -0.15) is 11.8 Å². The molecule has 114 valence electrons. The molecule has 1 aliphatic heterocycles. The summed E-state index contributed by atoms with van der Waals surface area (Å²) in [7, 11) is 0. The van der Waals surface area contributed by atoms with Gasteiger partial charge in [-0.1, -0.05) is 31.2 Å². The predicted molar refractivity (Wildman–Crippen MR) is 84.6 cm³/mol. The zero-order valence-corrected chi connectivity index (χ0v) is 13.0. The Bertz CT molecular complexity index is 507. The van der Waals surface area contributed by atoms with Crippen LogP contribution in [0.15, 0.2) is 24.3 Å². The lowest BCUT2D eigenvalue weighted by Crippen LogP contribution is -2.56. The van der Waals surface area contributed by atoms with Gasteiger partial charge in [-0.15, -0.1) is 0 Å². The summed E-state index contributed by atoms with van der Waals surface area (Å²) in [4.78, 5) is 23.7.